The molecule has 0 bridgehead atoms. The Kier molecular flexibility index (Phi) is 6.22. The Morgan fingerprint density at radius 2 is 1.83 bits per heavy atom. The van der Waals surface area contributed by atoms with Crippen molar-refractivity contribution >= 4 is 15.9 Å². The summed E-state index contributed by atoms with van der Waals surface area (Å²) in [4.78, 5) is 0. The quantitative estimate of drug-likeness (QED) is 0.742. The average Bonchev–Trinajstić information content (AvgIpc) is 2.39. The highest BCUT2D eigenvalue weighted by Crippen LogP contribution is 2.32. The van der Waals surface area contributed by atoms with Gasteiger partial charge in [-0.1, -0.05) is 32.8 Å². The summed E-state index contributed by atoms with van der Waals surface area (Å²) in [5.41, 5.74) is 0.781. The molecule has 0 fully saturated rings. The highest BCUT2D eigenvalue weighted by atomic mass is 79.9. The third-order valence-corrected chi connectivity index (χ3v) is 4.32. The second-order valence-corrected chi connectivity index (χ2v) is 5.32. The van der Waals surface area contributed by atoms with Gasteiger partial charge in [0.05, 0.1) is 4.47 Å². The number of benzene rings is 1. The first-order valence-electron chi connectivity index (χ1n) is 6.35. The topological polar surface area (TPSA) is 12.0 Å². The Balaban J connectivity index is 2.98. The fraction of sp³-hybridized carbons (Fsp3) is 0.571. The van der Waals surface area contributed by atoms with Crippen LogP contribution in [0.15, 0.2) is 16.6 Å². The second kappa shape index (κ2) is 7.19. The van der Waals surface area contributed by atoms with E-state index in [1.54, 1.807) is 6.07 Å². The molecule has 0 radical (unpaired) electrons. The van der Waals surface area contributed by atoms with Crippen molar-refractivity contribution in [2.75, 3.05) is 7.05 Å². The van der Waals surface area contributed by atoms with Crippen LogP contribution in [0.5, 0.6) is 0 Å². The minimum atomic E-state index is -0.817. The van der Waals surface area contributed by atoms with Crippen LogP contribution in [0.1, 0.15) is 44.7 Å². The SMILES string of the molecule is CCC(CC)CC(NC)c1ccc(F)c(F)c1Br. The molecule has 0 saturated heterocycles. The molecule has 1 unspecified atom stereocenters. The number of hydrogen-bond acceptors (Lipinski definition) is 1. The van der Waals surface area contributed by atoms with E-state index < -0.39 is 11.6 Å². The van der Waals surface area contributed by atoms with Gasteiger partial charge in [-0.2, -0.15) is 0 Å². The van der Waals surface area contributed by atoms with E-state index in [4.69, 9.17) is 0 Å². The van der Waals surface area contributed by atoms with E-state index in [9.17, 15) is 8.78 Å². The maximum atomic E-state index is 13.5. The second-order valence-electron chi connectivity index (χ2n) is 4.52. The van der Waals surface area contributed by atoms with Crippen molar-refractivity contribution in [2.24, 2.45) is 5.92 Å². The van der Waals surface area contributed by atoms with Gasteiger partial charge < -0.3 is 5.32 Å². The predicted octanol–water partition coefficient (Wildman–Crippen LogP) is 4.81. The fourth-order valence-corrected chi connectivity index (χ4v) is 2.76. The number of rotatable bonds is 6. The summed E-state index contributed by atoms with van der Waals surface area (Å²) in [6.07, 6.45) is 3.11. The molecule has 0 saturated carbocycles. The summed E-state index contributed by atoms with van der Waals surface area (Å²) < 4.78 is 26.9. The zero-order valence-corrected chi connectivity index (χ0v) is 12.7. The van der Waals surface area contributed by atoms with E-state index in [0.29, 0.717) is 5.92 Å². The maximum absolute atomic E-state index is 13.5. The molecule has 4 heteroatoms. The molecular formula is C14H20BrF2N. The van der Waals surface area contributed by atoms with E-state index in [0.717, 1.165) is 24.8 Å². The van der Waals surface area contributed by atoms with Gasteiger partial charge in [0, 0.05) is 6.04 Å². The van der Waals surface area contributed by atoms with Crippen LogP contribution >= 0.6 is 15.9 Å². The molecule has 1 aromatic rings. The van der Waals surface area contributed by atoms with Gasteiger partial charge in [0.2, 0.25) is 0 Å². The highest BCUT2D eigenvalue weighted by molar-refractivity contribution is 9.10. The Hall–Kier alpha value is -0.480. The minimum absolute atomic E-state index is 0.0411. The molecule has 0 aliphatic rings. The fourth-order valence-electron chi connectivity index (χ4n) is 2.17. The van der Waals surface area contributed by atoms with Crippen LogP contribution in [0.4, 0.5) is 8.78 Å². The lowest BCUT2D eigenvalue weighted by atomic mass is 9.91. The lowest BCUT2D eigenvalue weighted by Crippen LogP contribution is -2.20. The standard InChI is InChI=1S/C14H20BrF2N/c1-4-9(5-2)8-12(18-3)10-6-7-11(16)14(17)13(10)15/h6-7,9,12,18H,4-5,8H2,1-3H3. The monoisotopic (exact) mass is 319 g/mol. The maximum Gasteiger partial charge on any atom is 0.173 e. The third-order valence-electron chi connectivity index (χ3n) is 3.51. The van der Waals surface area contributed by atoms with Gasteiger partial charge in [-0.25, -0.2) is 8.78 Å². The van der Waals surface area contributed by atoms with Crippen molar-refractivity contribution in [1.82, 2.24) is 5.32 Å². The zero-order valence-electron chi connectivity index (χ0n) is 11.1. The largest absolute Gasteiger partial charge is 0.313 e. The molecule has 1 atom stereocenters. The van der Waals surface area contributed by atoms with Gasteiger partial charge in [0.25, 0.3) is 0 Å². The van der Waals surface area contributed by atoms with Gasteiger partial charge >= 0.3 is 0 Å². The summed E-state index contributed by atoms with van der Waals surface area (Å²) in [5, 5.41) is 3.19. The normalized spacial score (nSPS) is 13.1. The van der Waals surface area contributed by atoms with E-state index >= 15 is 0 Å². The lowest BCUT2D eigenvalue weighted by molar-refractivity contribution is 0.382. The van der Waals surface area contributed by atoms with Gasteiger partial charge in [-0.05, 0) is 46.9 Å². The van der Waals surface area contributed by atoms with E-state index in [-0.39, 0.29) is 10.5 Å². The zero-order chi connectivity index (χ0) is 13.7. The smallest absolute Gasteiger partial charge is 0.173 e. The summed E-state index contributed by atoms with van der Waals surface area (Å²) in [6, 6.07) is 2.87. The van der Waals surface area contributed by atoms with Crippen molar-refractivity contribution in [3.05, 3.63) is 33.8 Å². The molecule has 0 heterocycles. The lowest BCUT2D eigenvalue weighted by Gasteiger charge is -2.23. The minimum Gasteiger partial charge on any atom is -0.313 e. The van der Waals surface area contributed by atoms with E-state index in [1.807, 2.05) is 7.05 Å². The van der Waals surface area contributed by atoms with Crippen LogP contribution in [0.3, 0.4) is 0 Å². The summed E-state index contributed by atoms with van der Waals surface area (Å²) in [5.74, 6) is -1.04. The van der Waals surface area contributed by atoms with Crippen molar-refractivity contribution in [3.63, 3.8) is 0 Å². The van der Waals surface area contributed by atoms with Crippen molar-refractivity contribution in [3.8, 4) is 0 Å². The molecule has 1 nitrogen and oxygen atoms in total. The number of hydrogen-bond donors (Lipinski definition) is 1. The van der Waals surface area contributed by atoms with Crippen LogP contribution in [-0.2, 0) is 0 Å². The van der Waals surface area contributed by atoms with Crippen molar-refractivity contribution < 1.29 is 8.78 Å². The molecule has 18 heavy (non-hydrogen) atoms. The first-order chi connectivity index (χ1) is 8.54. The first-order valence-corrected chi connectivity index (χ1v) is 7.15. The van der Waals surface area contributed by atoms with Gasteiger partial charge in [0.15, 0.2) is 11.6 Å². The molecule has 1 N–H and O–H groups in total. The highest BCUT2D eigenvalue weighted by Gasteiger charge is 2.20. The van der Waals surface area contributed by atoms with Crippen LogP contribution in [0.25, 0.3) is 0 Å². The average molecular weight is 320 g/mol. The molecule has 0 aromatic heterocycles. The third kappa shape index (κ3) is 3.51. The molecule has 0 amide bonds. The predicted molar refractivity (Wildman–Crippen MR) is 74.5 cm³/mol. The van der Waals surface area contributed by atoms with E-state index in [1.165, 1.54) is 6.07 Å². The molecule has 102 valence electrons. The Morgan fingerprint density at radius 1 is 1.22 bits per heavy atom. The number of nitrogens with one attached hydrogen (secondary N) is 1. The van der Waals surface area contributed by atoms with Gasteiger partial charge in [-0.3, -0.25) is 0 Å². The molecule has 0 aliphatic carbocycles. The van der Waals surface area contributed by atoms with Crippen LogP contribution in [0, 0.1) is 17.6 Å². The first kappa shape index (κ1) is 15.6. The molecule has 0 spiro atoms. The summed E-state index contributed by atoms with van der Waals surface area (Å²) >= 11 is 3.15. The molecule has 1 rings (SSSR count). The van der Waals surface area contributed by atoms with Crippen molar-refractivity contribution in [1.29, 1.82) is 0 Å². The van der Waals surface area contributed by atoms with Crippen LogP contribution < -0.4 is 5.32 Å². The Bertz CT molecular complexity index is 392. The van der Waals surface area contributed by atoms with E-state index in [2.05, 4.69) is 35.1 Å². The summed E-state index contributed by atoms with van der Waals surface area (Å²) in [7, 11) is 1.85. The molecule has 0 aliphatic heterocycles. The molecule has 1 aromatic carbocycles. The van der Waals surface area contributed by atoms with Crippen LogP contribution in [0.2, 0.25) is 0 Å². The Labute approximate surface area is 116 Å². The van der Waals surface area contributed by atoms with Crippen LogP contribution in [-0.4, -0.2) is 7.05 Å². The molecular weight excluding hydrogens is 300 g/mol. The van der Waals surface area contributed by atoms with Gasteiger partial charge in [-0.15, -0.1) is 0 Å². The summed E-state index contributed by atoms with van der Waals surface area (Å²) in [6.45, 7) is 4.31. The van der Waals surface area contributed by atoms with Crippen molar-refractivity contribution in [2.45, 2.75) is 39.2 Å². The number of halogens is 3. The Morgan fingerprint density at radius 3 is 2.33 bits per heavy atom. The van der Waals surface area contributed by atoms with Gasteiger partial charge in [0.1, 0.15) is 0 Å².